The summed E-state index contributed by atoms with van der Waals surface area (Å²) >= 11 is 0. The number of nitrogens with zero attached hydrogens (tertiary/aromatic N) is 5. The van der Waals surface area contributed by atoms with Crippen molar-refractivity contribution in [2.75, 3.05) is 32.3 Å². The van der Waals surface area contributed by atoms with Crippen molar-refractivity contribution in [3.05, 3.63) is 40.9 Å². The fraction of sp³-hybridized carbons (Fsp3) is 0.478. The van der Waals surface area contributed by atoms with Crippen molar-refractivity contribution in [3.8, 4) is 17.1 Å². The molecular formula is C23H31N5O3. The maximum absolute atomic E-state index is 13.4. The fourth-order valence-corrected chi connectivity index (χ4v) is 3.10. The summed E-state index contributed by atoms with van der Waals surface area (Å²) in [6, 6.07) is 5.56. The van der Waals surface area contributed by atoms with Gasteiger partial charge in [-0.2, -0.15) is 0 Å². The molecule has 3 aromatic rings. The highest BCUT2D eigenvalue weighted by Gasteiger charge is 2.23. The second kappa shape index (κ2) is 9.43. The van der Waals surface area contributed by atoms with Crippen molar-refractivity contribution in [2.24, 2.45) is 0 Å². The van der Waals surface area contributed by atoms with E-state index in [2.05, 4.69) is 21.9 Å². The maximum Gasteiger partial charge on any atom is 0.294 e. The number of pyridine rings is 2. The van der Waals surface area contributed by atoms with E-state index in [9.17, 15) is 4.79 Å². The van der Waals surface area contributed by atoms with E-state index < -0.39 is 0 Å². The molecule has 0 saturated heterocycles. The van der Waals surface area contributed by atoms with E-state index in [0.717, 1.165) is 17.5 Å². The van der Waals surface area contributed by atoms with Crippen LogP contribution in [-0.2, 0) is 11.3 Å². The van der Waals surface area contributed by atoms with E-state index in [-0.39, 0.29) is 11.1 Å². The minimum atomic E-state index is -0.251. The Kier molecular flexibility index (Phi) is 6.90. The summed E-state index contributed by atoms with van der Waals surface area (Å²) in [6.07, 6.45) is 4.34. The molecule has 0 N–H and O–H groups in total. The highest BCUT2D eigenvalue weighted by molar-refractivity contribution is 5.80. The van der Waals surface area contributed by atoms with Gasteiger partial charge in [-0.15, -0.1) is 0 Å². The fourth-order valence-electron chi connectivity index (χ4n) is 3.10. The molecule has 3 heterocycles. The summed E-state index contributed by atoms with van der Waals surface area (Å²) in [5.41, 5.74) is 2.53. The van der Waals surface area contributed by atoms with Crippen LogP contribution in [0.15, 0.2) is 35.4 Å². The second-order valence-corrected chi connectivity index (χ2v) is 8.38. The van der Waals surface area contributed by atoms with Gasteiger partial charge < -0.3 is 18.9 Å². The topological polar surface area (TPSA) is 82.4 Å². The number of anilines is 1. The average Bonchev–Trinajstić information content (AvgIpc) is 2.76. The van der Waals surface area contributed by atoms with Gasteiger partial charge in [0.15, 0.2) is 5.82 Å². The Balaban J connectivity index is 2.12. The molecule has 31 heavy (non-hydrogen) atoms. The zero-order valence-corrected chi connectivity index (χ0v) is 19.2. The van der Waals surface area contributed by atoms with Gasteiger partial charge in [0.2, 0.25) is 5.88 Å². The Bertz CT molecular complexity index is 1090. The number of hydrogen-bond donors (Lipinski definition) is 0. The molecule has 0 saturated carbocycles. The van der Waals surface area contributed by atoms with Crippen LogP contribution in [0.1, 0.15) is 34.1 Å². The molecule has 0 amide bonds. The Morgan fingerprint density at radius 2 is 1.90 bits per heavy atom. The number of aromatic nitrogens is 4. The van der Waals surface area contributed by atoms with Crippen LogP contribution in [-0.4, -0.2) is 52.4 Å². The van der Waals surface area contributed by atoms with Crippen molar-refractivity contribution in [3.63, 3.8) is 0 Å². The largest absolute Gasteiger partial charge is 0.481 e. The third kappa shape index (κ3) is 5.02. The van der Waals surface area contributed by atoms with Crippen LogP contribution in [0.2, 0.25) is 0 Å². The van der Waals surface area contributed by atoms with Gasteiger partial charge in [0.1, 0.15) is 5.52 Å². The predicted molar refractivity (Wildman–Crippen MR) is 123 cm³/mol. The minimum absolute atomic E-state index is 0.143. The predicted octanol–water partition coefficient (Wildman–Crippen LogP) is 3.52. The number of fused-ring (bicyclic) bond motifs is 1. The number of methoxy groups -OCH3 is 1. The molecule has 0 spiro atoms. The third-order valence-electron chi connectivity index (χ3n) is 5.19. The molecular weight excluding hydrogens is 394 g/mol. The molecule has 0 fully saturated rings. The summed E-state index contributed by atoms with van der Waals surface area (Å²) in [5, 5.41) is 0. The van der Waals surface area contributed by atoms with Crippen LogP contribution in [0.5, 0.6) is 5.88 Å². The highest BCUT2D eigenvalue weighted by Crippen LogP contribution is 2.24. The molecule has 0 unspecified atom stereocenters. The van der Waals surface area contributed by atoms with Gasteiger partial charge in [0.05, 0.1) is 31.1 Å². The summed E-state index contributed by atoms with van der Waals surface area (Å²) in [6.45, 7) is 9.75. The van der Waals surface area contributed by atoms with E-state index in [0.29, 0.717) is 42.7 Å². The van der Waals surface area contributed by atoms with Crippen LogP contribution in [0.25, 0.3) is 22.3 Å². The first-order chi connectivity index (χ1) is 14.8. The number of rotatable bonds is 8. The van der Waals surface area contributed by atoms with Crippen LogP contribution >= 0.6 is 0 Å². The Morgan fingerprint density at radius 1 is 1.13 bits per heavy atom. The van der Waals surface area contributed by atoms with E-state index in [1.54, 1.807) is 30.1 Å². The van der Waals surface area contributed by atoms with E-state index in [4.69, 9.17) is 9.47 Å². The van der Waals surface area contributed by atoms with Gasteiger partial charge in [-0.3, -0.25) is 9.78 Å². The van der Waals surface area contributed by atoms with Crippen LogP contribution in [0.3, 0.4) is 0 Å². The molecule has 0 aliphatic heterocycles. The van der Waals surface area contributed by atoms with Gasteiger partial charge in [-0.1, -0.05) is 6.92 Å². The lowest BCUT2D eigenvalue weighted by molar-refractivity contribution is 0.127. The summed E-state index contributed by atoms with van der Waals surface area (Å²) in [7, 11) is 3.46. The zero-order valence-electron chi connectivity index (χ0n) is 19.2. The molecule has 0 bridgehead atoms. The number of ether oxygens (including phenoxy) is 2. The lowest BCUT2D eigenvalue weighted by atomic mass is 10.1. The van der Waals surface area contributed by atoms with Gasteiger partial charge in [0.25, 0.3) is 5.56 Å². The molecule has 0 aliphatic carbocycles. The standard InChI is InChI=1S/C23H31N5O3/c1-7-11-31-12-10-28-19-13-17(16-8-9-20(30-6)25-14-16)24-15-18(19)26-21(22(28)29)27(5)23(2,3)4/h8-9,13-15H,7,10-12H2,1-6H3. The van der Waals surface area contributed by atoms with Gasteiger partial charge in [0, 0.05) is 43.6 Å². The molecule has 0 aromatic carbocycles. The smallest absolute Gasteiger partial charge is 0.294 e. The van der Waals surface area contributed by atoms with Gasteiger partial charge in [-0.25, -0.2) is 9.97 Å². The highest BCUT2D eigenvalue weighted by atomic mass is 16.5. The molecule has 0 aliphatic rings. The van der Waals surface area contributed by atoms with Crippen molar-refractivity contribution in [1.82, 2.24) is 19.5 Å². The lowest BCUT2D eigenvalue weighted by Gasteiger charge is -2.32. The maximum atomic E-state index is 13.4. The lowest BCUT2D eigenvalue weighted by Crippen LogP contribution is -2.43. The molecule has 8 heteroatoms. The Labute approximate surface area is 182 Å². The quantitative estimate of drug-likeness (QED) is 0.511. The van der Waals surface area contributed by atoms with Crippen LogP contribution in [0.4, 0.5) is 5.82 Å². The Hall–Kier alpha value is -3.00. The molecule has 8 nitrogen and oxygen atoms in total. The molecule has 3 rings (SSSR count). The van der Waals surface area contributed by atoms with E-state index in [1.165, 1.54) is 0 Å². The molecule has 166 valence electrons. The summed E-state index contributed by atoms with van der Waals surface area (Å²) in [4.78, 5) is 28.8. The van der Waals surface area contributed by atoms with E-state index in [1.807, 2.05) is 44.9 Å². The minimum Gasteiger partial charge on any atom is -0.481 e. The first-order valence-electron chi connectivity index (χ1n) is 10.5. The van der Waals surface area contributed by atoms with Crippen LogP contribution in [0, 0.1) is 0 Å². The monoisotopic (exact) mass is 425 g/mol. The second-order valence-electron chi connectivity index (χ2n) is 8.38. The summed E-state index contributed by atoms with van der Waals surface area (Å²) in [5.74, 6) is 0.933. The zero-order chi connectivity index (χ0) is 22.6. The van der Waals surface area contributed by atoms with Crippen molar-refractivity contribution < 1.29 is 9.47 Å². The van der Waals surface area contributed by atoms with Crippen molar-refractivity contribution >= 4 is 16.9 Å². The summed E-state index contributed by atoms with van der Waals surface area (Å²) < 4.78 is 12.5. The normalized spacial score (nSPS) is 11.7. The molecule has 0 atom stereocenters. The third-order valence-corrected chi connectivity index (χ3v) is 5.19. The Morgan fingerprint density at radius 3 is 2.52 bits per heavy atom. The first kappa shape index (κ1) is 22.7. The van der Waals surface area contributed by atoms with Crippen molar-refractivity contribution in [1.29, 1.82) is 0 Å². The van der Waals surface area contributed by atoms with Crippen LogP contribution < -0.4 is 15.2 Å². The SMILES string of the molecule is CCCOCCn1c(=O)c(N(C)C(C)(C)C)nc2cnc(-c3ccc(OC)nc3)cc21. The van der Waals surface area contributed by atoms with Gasteiger partial charge >= 0.3 is 0 Å². The van der Waals surface area contributed by atoms with E-state index >= 15 is 0 Å². The average molecular weight is 426 g/mol. The van der Waals surface area contributed by atoms with Crippen molar-refractivity contribution in [2.45, 2.75) is 46.2 Å². The first-order valence-corrected chi connectivity index (χ1v) is 10.5. The molecule has 0 radical (unpaired) electrons. The molecule has 3 aromatic heterocycles. The number of hydrogen-bond acceptors (Lipinski definition) is 7. The van der Waals surface area contributed by atoms with Gasteiger partial charge in [-0.05, 0) is 39.3 Å².